The highest BCUT2D eigenvalue weighted by Crippen LogP contribution is 2.31. The van der Waals surface area contributed by atoms with Crippen molar-refractivity contribution in [2.75, 3.05) is 14.2 Å². The van der Waals surface area contributed by atoms with E-state index in [1.54, 1.807) is 14.2 Å². The maximum Gasteiger partial charge on any atom is 0.315 e. The highest BCUT2D eigenvalue weighted by atomic mass is 35.5. The molecule has 2 amide bonds. The number of halogens is 1. The van der Waals surface area contributed by atoms with Gasteiger partial charge in [0.15, 0.2) is 0 Å². The Morgan fingerprint density at radius 1 is 1.15 bits per heavy atom. The van der Waals surface area contributed by atoms with Gasteiger partial charge in [0.05, 0.1) is 26.3 Å². The molecule has 1 aliphatic carbocycles. The number of hydrogen-bond acceptors (Lipinski definition) is 3. The summed E-state index contributed by atoms with van der Waals surface area (Å²) in [5.41, 5.74) is 3.41. The molecule has 0 fully saturated rings. The summed E-state index contributed by atoms with van der Waals surface area (Å²) in [5.74, 6) is 1.45. The standard InChI is InChI=1S/C20H24N2O3.ClH/c1-13(17-12-15(24-2)9-11-19(17)25-3)21-20(23)22-18-10-8-14-6-4-5-7-16(14)18;/h4-7,9,11-13,18H,8,10H2,1-3H3,(H2,21,22,23);1H. The normalized spacial score (nSPS) is 16.0. The van der Waals surface area contributed by atoms with Crippen LogP contribution in [-0.2, 0) is 6.42 Å². The summed E-state index contributed by atoms with van der Waals surface area (Å²) in [5, 5.41) is 6.07. The zero-order valence-electron chi connectivity index (χ0n) is 15.2. The number of hydrogen-bond donors (Lipinski definition) is 2. The van der Waals surface area contributed by atoms with Gasteiger partial charge in [0.25, 0.3) is 0 Å². The van der Waals surface area contributed by atoms with Crippen LogP contribution < -0.4 is 20.1 Å². The number of urea groups is 1. The van der Waals surface area contributed by atoms with Gasteiger partial charge >= 0.3 is 6.03 Å². The molecular formula is C20H25ClN2O3. The molecule has 0 saturated heterocycles. The molecule has 26 heavy (non-hydrogen) atoms. The zero-order chi connectivity index (χ0) is 17.8. The molecule has 0 spiro atoms. The fraction of sp³-hybridized carbons (Fsp3) is 0.350. The number of aryl methyl sites for hydroxylation is 1. The molecule has 2 aromatic rings. The molecule has 5 nitrogen and oxygen atoms in total. The minimum atomic E-state index is -0.207. The third kappa shape index (κ3) is 4.22. The van der Waals surface area contributed by atoms with Crippen LogP contribution in [-0.4, -0.2) is 20.3 Å². The molecule has 3 rings (SSSR count). The monoisotopic (exact) mass is 376 g/mol. The lowest BCUT2D eigenvalue weighted by Crippen LogP contribution is -2.38. The van der Waals surface area contributed by atoms with E-state index in [9.17, 15) is 4.79 Å². The van der Waals surface area contributed by atoms with E-state index in [0.29, 0.717) is 0 Å². The van der Waals surface area contributed by atoms with Gasteiger partial charge in [0, 0.05) is 5.56 Å². The molecule has 0 aliphatic heterocycles. The summed E-state index contributed by atoms with van der Waals surface area (Å²) in [6.45, 7) is 1.93. The maximum absolute atomic E-state index is 12.5. The largest absolute Gasteiger partial charge is 0.497 e. The molecule has 2 aromatic carbocycles. The van der Waals surface area contributed by atoms with Gasteiger partial charge in [0.2, 0.25) is 0 Å². The van der Waals surface area contributed by atoms with Gasteiger partial charge in [-0.3, -0.25) is 0 Å². The van der Waals surface area contributed by atoms with E-state index in [-0.39, 0.29) is 30.5 Å². The molecule has 2 unspecified atom stereocenters. The van der Waals surface area contributed by atoms with E-state index < -0.39 is 0 Å². The number of nitrogens with one attached hydrogen (secondary N) is 2. The van der Waals surface area contributed by atoms with Crippen molar-refractivity contribution in [1.82, 2.24) is 10.6 Å². The van der Waals surface area contributed by atoms with Crippen LogP contribution in [0.4, 0.5) is 4.79 Å². The first kappa shape index (κ1) is 19.9. The van der Waals surface area contributed by atoms with Crippen LogP contribution in [0.1, 0.15) is 42.1 Å². The molecule has 0 heterocycles. The van der Waals surface area contributed by atoms with Gasteiger partial charge in [-0.05, 0) is 49.1 Å². The van der Waals surface area contributed by atoms with Crippen molar-refractivity contribution in [1.29, 1.82) is 0 Å². The number of rotatable bonds is 5. The predicted octanol–water partition coefficient (Wildman–Crippen LogP) is 4.17. The van der Waals surface area contributed by atoms with E-state index >= 15 is 0 Å². The van der Waals surface area contributed by atoms with Crippen molar-refractivity contribution in [3.8, 4) is 11.5 Å². The minimum absolute atomic E-state index is 0. The smallest absolute Gasteiger partial charge is 0.315 e. The first-order valence-electron chi connectivity index (χ1n) is 8.49. The molecular weight excluding hydrogens is 352 g/mol. The van der Waals surface area contributed by atoms with E-state index in [4.69, 9.17) is 9.47 Å². The van der Waals surface area contributed by atoms with Gasteiger partial charge in [-0.1, -0.05) is 24.3 Å². The molecule has 0 bridgehead atoms. The Morgan fingerprint density at radius 3 is 2.65 bits per heavy atom. The summed E-state index contributed by atoms with van der Waals surface area (Å²) in [6.07, 6.45) is 1.93. The molecule has 2 N–H and O–H groups in total. The summed E-state index contributed by atoms with van der Waals surface area (Å²) < 4.78 is 10.7. The molecule has 2 atom stereocenters. The van der Waals surface area contributed by atoms with Gasteiger partial charge in [-0.15, -0.1) is 12.4 Å². The lowest BCUT2D eigenvalue weighted by molar-refractivity contribution is 0.233. The fourth-order valence-corrected chi connectivity index (χ4v) is 3.36. The summed E-state index contributed by atoms with van der Waals surface area (Å²) >= 11 is 0. The quantitative estimate of drug-likeness (QED) is 0.823. The molecule has 1 aliphatic rings. The average Bonchev–Trinajstić information content (AvgIpc) is 3.04. The second-order valence-electron chi connectivity index (χ2n) is 6.24. The minimum Gasteiger partial charge on any atom is -0.497 e. The van der Waals surface area contributed by atoms with Crippen molar-refractivity contribution >= 4 is 18.4 Å². The number of amides is 2. The molecule has 0 saturated carbocycles. The predicted molar refractivity (Wildman–Crippen MR) is 104 cm³/mol. The summed E-state index contributed by atoms with van der Waals surface area (Å²) in [4.78, 5) is 12.5. The Morgan fingerprint density at radius 2 is 1.92 bits per heavy atom. The lowest BCUT2D eigenvalue weighted by atomic mass is 10.1. The topological polar surface area (TPSA) is 59.6 Å². The Bertz CT molecular complexity index is 766. The first-order chi connectivity index (χ1) is 12.1. The van der Waals surface area contributed by atoms with Crippen molar-refractivity contribution in [3.63, 3.8) is 0 Å². The Balaban J connectivity index is 0.00000243. The van der Waals surface area contributed by atoms with Crippen LogP contribution in [0.2, 0.25) is 0 Å². The fourth-order valence-electron chi connectivity index (χ4n) is 3.36. The van der Waals surface area contributed by atoms with Crippen molar-refractivity contribution < 1.29 is 14.3 Å². The van der Waals surface area contributed by atoms with E-state index in [0.717, 1.165) is 29.9 Å². The van der Waals surface area contributed by atoms with Gasteiger partial charge in [-0.2, -0.15) is 0 Å². The molecule has 0 aromatic heterocycles. The number of ether oxygens (including phenoxy) is 2. The summed E-state index contributed by atoms with van der Waals surface area (Å²) in [6, 6.07) is 13.5. The Labute approximate surface area is 160 Å². The zero-order valence-corrected chi connectivity index (χ0v) is 16.1. The molecule has 6 heteroatoms. The average molecular weight is 377 g/mol. The maximum atomic E-state index is 12.5. The third-order valence-corrected chi connectivity index (χ3v) is 4.69. The van der Waals surface area contributed by atoms with Crippen LogP contribution in [0, 0.1) is 0 Å². The van der Waals surface area contributed by atoms with Gasteiger partial charge in [-0.25, -0.2) is 4.79 Å². The van der Waals surface area contributed by atoms with Crippen LogP contribution in [0.3, 0.4) is 0 Å². The van der Waals surface area contributed by atoms with Gasteiger partial charge < -0.3 is 20.1 Å². The van der Waals surface area contributed by atoms with E-state index in [1.165, 1.54) is 11.1 Å². The Hall–Kier alpha value is -2.40. The number of benzene rings is 2. The van der Waals surface area contributed by atoms with Crippen molar-refractivity contribution in [2.45, 2.75) is 31.8 Å². The SMILES string of the molecule is COc1ccc(OC)c(C(C)NC(=O)NC2CCc3ccccc32)c1.Cl. The van der Waals surface area contributed by atoms with Crippen LogP contribution in [0.15, 0.2) is 42.5 Å². The number of fused-ring (bicyclic) bond motifs is 1. The highest BCUT2D eigenvalue weighted by molar-refractivity contribution is 5.85. The second kappa shape index (κ2) is 8.81. The highest BCUT2D eigenvalue weighted by Gasteiger charge is 2.24. The van der Waals surface area contributed by atoms with Crippen LogP contribution >= 0.6 is 12.4 Å². The molecule has 0 radical (unpaired) electrons. The second-order valence-corrected chi connectivity index (χ2v) is 6.24. The first-order valence-corrected chi connectivity index (χ1v) is 8.49. The lowest BCUT2D eigenvalue weighted by Gasteiger charge is -2.20. The third-order valence-electron chi connectivity index (χ3n) is 4.69. The van der Waals surface area contributed by atoms with E-state index in [2.05, 4.69) is 22.8 Å². The molecule has 140 valence electrons. The number of carbonyl (C=O) groups excluding carboxylic acids is 1. The summed E-state index contributed by atoms with van der Waals surface area (Å²) in [7, 11) is 3.24. The van der Waals surface area contributed by atoms with Gasteiger partial charge in [0.1, 0.15) is 11.5 Å². The van der Waals surface area contributed by atoms with Crippen molar-refractivity contribution in [2.24, 2.45) is 0 Å². The number of carbonyl (C=O) groups is 1. The van der Waals surface area contributed by atoms with Crippen molar-refractivity contribution in [3.05, 3.63) is 59.2 Å². The Kier molecular flexibility index (Phi) is 6.75. The van der Waals surface area contributed by atoms with E-state index in [1.807, 2.05) is 37.3 Å². The number of methoxy groups -OCH3 is 2. The van der Waals surface area contributed by atoms with Crippen LogP contribution in [0.5, 0.6) is 11.5 Å². The van der Waals surface area contributed by atoms with Crippen LogP contribution in [0.25, 0.3) is 0 Å².